The first-order valence-electron chi connectivity index (χ1n) is 11.7. The molecule has 0 atom stereocenters. The number of carbonyl (C=O) groups is 2. The molecule has 0 unspecified atom stereocenters. The van der Waals surface area contributed by atoms with Crippen molar-refractivity contribution in [2.24, 2.45) is 0 Å². The number of benzene rings is 2. The van der Waals surface area contributed by atoms with Crippen molar-refractivity contribution in [2.45, 2.75) is 36.4 Å². The van der Waals surface area contributed by atoms with E-state index < -0.39 is 17.7 Å². The Kier molecular flexibility index (Phi) is 6.82. The van der Waals surface area contributed by atoms with E-state index in [1.165, 1.54) is 6.07 Å². The van der Waals surface area contributed by atoms with Gasteiger partial charge >= 0.3 is 12.1 Å². The van der Waals surface area contributed by atoms with Crippen molar-refractivity contribution in [1.29, 1.82) is 0 Å². The summed E-state index contributed by atoms with van der Waals surface area (Å²) in [5, 5.41) is 15.4. The van der Waals surface area contributed by atoms with Crippen molar-refractivity contribution < 1.29 is 27.9 Å². The molecule has 0 saturated carbocycles. The van der Waals surface area contributed by atoms with Crippen LogP contribution in [0.1, 0.15) is 34.3 Å². The molecular weight excluding hydrogens is 505 g/mol. The summed E-state index contributed by atoms with van der Waals surface area (Å²) in [6.07, 6.45) is -1.73. The number of carboxylic acid groups (broad SMARTS) is 1. The number of rotatable bonds is 6. The number of alkyl halides is 3. The fourth-order valence-corrected chi connectivity index (χ4v) is 5.44. The Morgan fingerprint density at radius 3 is 2.43 bits per heavy atom. The molecule has 37 heavy (non-hydrogen) atoms. The molecule has 5 rings (SSSR count). The summed E-state index contributed by atoms with van der Waals surface area (Å²) < 4.78 is 40.4. The van der Waals surface area contributed by atoms with Crippen LogP contribution in [-0.4, -0.2) is 45.4 Å². The van der Waals surface area contributed by atoms with Crippen LogP contribution in [0.3, 0.4) is 0 Å². The smallest absolute Gasteiger partial charge is 0.417 e. The van der Waals surface area contributed by atoms with E-state index in [1.807, 2.05) is 30.3 Å². The molecule has 3 aromatic rings. The Morgan fingerprint density at radius 1 is 1.08 bits per heavy atom. The minimum atomic E-state index is -4.40. The predicted molar refractivity (Wildman–Crippen MR) is 134 cm³/mol. The lowest BCUT2D eigenvalue weighted by Crippen LogP contribution is -2.35. The zero-order valence-corrected chi connectivity index (χ0v) is 20.3. The zero-order chi connectivity index (χ0) is 26.2. The average molecular weight is 529 g/mol. The van der Waals surface area contributed by atoms with Gasteiger partial charge in [0.2, 0.25) is 5.91 Å². The predicted octanol–water partition coefficient (Wildman–Crippen LogP) is 5.54. The number of aromatic carboxylic acids is 1. The Morgan fingerprint density at radius 2 is 1.81 bits per heavy atom. The second-order valence-electron chi connectivity index (χ2n) is 8.98. The van der Waals surface area contributed by atoms with Gasteiger partial charge in [0.1, 0.15) is 5.82 Å². The van der Waals surface area contributed by atoms with Crippen LogP contribution in [0.5, 0.6) is 0 Å². The molecule has 0 radical (unpaired) electrons. The Balaban J connectivity index is 1.17. The monoisotopic (exact) mass is 528 g/mol. The summed E-state index contributed by atoms with van der Waals surface area (Å²) in [4.78, 5) is 28.4. The van der Waals surface area contributed by atoms with E-state index in [-0.39, 0.29) is 23.9 Å². The van der Waals surface area contributed by atoms with Gasteiger partial charge in [0.05, 0.1) is 23.2 Å². The number of nitrogens with one attached hydrogen (secondary N) is 2. The van der Waals surface area contributed by atoms with Crippen LogP contribution in [0.15, 0.2) is 59.6 Å². The highest BCUT2D eigenvalue weighted by molar-refractivity contribution is 7.97. The number of anilines is 2. The molecule has 0 bridgehead atoms. The number of hydrogen-bond acceptors (Lipinski definition) is 6. The van der Waals surface area contributed by atoms with E-state index in [0.717, 1.165) is 54.2 Å². The summed E-state index contributed by atoms with van der Waals surface area (Å²) in [5.74, 6) is -0.858. The average Bonchev–Trinajstić information content (AvgIpc) is 3.25. The number of piperidine rings is 1. The highest BCUT2D eigenvalue weighted by atomic mass is 32.2. The minimum absolute atomic E-state index is 0.0831. The van der Waals surface area contributed by atoms with E-state index in [0.29, 0.717) is 17.1 Å². The Hall–Kier alpha value is -3.57. The van der Waals surface area contributed by atoms with Crippen molar-refractivity contribution in [3.8, 4) is 11.1 Å². The molecule has 192 valence electrons. The number of halogens is 3. The van der Waals surface area contributed by atoms with Crippen molar-refractivity contribution in [2.75, 3.05) is 23.7 Å². The second-order valence-corrected chi connectivity index (χ2v) is 10.2. The van der Waals surface area contributed by atoms with Gasteiger partial charge in [-0.3, -0.25) is 4.79 Å². The summed E-state index contributed by atoms with van der Waals surface area (Å²) in [6, 6.07) is 13.8. The Labute approximate surface area is 215 Å². The minimum Gasteiger partial charge on any atom is -0.478 e. The number of hydrogen-bond donors (Lipinski definition) is 3. The second kappa shape index (κ2) is 10.1. The quantitative estimate of drug-likeness (QED) is 0.362. The molecule has 2 aliphatic heterocycles. The highest BCUT2D eigenvalue weighted by Gasteiger charge is 2.31. The van der Waals surface area contributed by atoms with Crippen LogP contribution in [0, 0.1) is 0 Å². The normalized spacial score (nSPS) is 16.4. The molecule has 0 aliphatic carbocycles. The maximum Gasteiger partial charge on any atom is 0.417 e. The van der Waals surface area contributed by atoms with Gasteiger partial charge in [-0.2, -0.15) is 13.2 Å². The SMILES string of the molecule is O=C1Cc2cc(-c3ccc(SN4CCC(Nc5ccc(C(F)(F)F)cn5)CC4)cc3)cc(C(=O)O)c2N1. The van der Waals surface area contributed by atoms with E-state index in [2.05, 4.69) is 19.9 Å². The van der Waals surface area contributed by atoms with E-state index >= 15 is 0 Å². The lowest BCUT2D eigenvalue weighted by atomic mass is 9.98. The van der Waals surface area contributed by atoms with Gasteiger partial charge in [-0.25, -0.2) is 14.1 Å². The van der Waals surface area contributed by atoms with E-state index in [9.17, 15) is 27.9 Å². The van der Waals surface area contributed by atoms with Gasteiger partial charge in [0.15, 0.2) is 0 Å². The fraction of sp³-hybridized carbons (Fsp3) is 0.269. The third-order valence-electron chi connectivity index (χ3n) is 6.38. The number of amides is 1. The van der Waals surface area contributed by atoms with Crippen molar-refractivity contribution in [1.82, 2.24) is 9.29 Å². The first-order valence-corrected chi connectivity index (χ1v) is 12.5. The number of nitrogens with zero attached hydrogens (tertiary/aromatic N) is 2. The molecule has 3 N–H and O–H groups in total. The van der Waals surface area contributed by atoms with Crippen LogP contribution < -0.4 is 10.6 Å². The van der Waals surface area contributed by atoms with Crippen LogP contribution >= 0.6 is 11.9 Å². The standard InChI is InChI=1S/C26H23F3N4O3S/c27-26(28,29)18-3-6-22(30-14-18)31-19-7-9-33(10-8-19)37-20-4-1-15(2-5-20)16-11-17-13-23(34)32-24(17)21(12-16)25(35)36/h1-6,11-12,14,19H,7-10,13H2,(H,30,31)(H,32,34)(H,35,36). The van der Waals surface area contributed by atoms with Crippen LogP contribution in [0.4, 0.5) is 24.7 Å². The van der Waals surface area contributed by atoms with Gasteiger partial charge < -0.3 is 15.7 Å². The molecule has 1 saturated heterocycles. The third kappa shape index (κ3) is 5.72. The van der Waals surface area contributed by atoms with Crippen molar-refractivity contribution >= 4 is 35.3 Å². The van der Waals surface area contributed by atoms with Gasteiger partial charge in [-0.05, 0) is 77.9 Å². The molecule has 3 heterocycles. The first-order chi connectivity index (χ1) is 17.7. The van der Waals surface area contributed by atoms with Crippen LogP contribution in [0.2, 0.25) is 0 Å². The highest BCUT2D eigenvalue weighted by Crippen LogP contribution is 2.35. The summed E-state index contributed by atoms with van der Waals surface area (Å²) in [6.45, 7) is 1.61. The molecule has 2 aliphatic rings. The third-order valence-corrected chi connectivity index (χ3v) is 7.49. The molecule has 1 amide bonds. The number of pyridine rings is 1. The Bertz CT molecular complexity index is 1320. The summed E-state index contributed by atoms with van der Waals surface area (Å²) in [5.41, 5.74) is 1.98. The molecule has 7 nitrogen and oxygen atoms in total. The fourth-order valence-electron chi connectivity index (χ4n) is 4.49. The molecule has 11 heteroatoms. The van der Waals surface area contributed by atoms with Crippen LogP contribution in [0.25, 0.3) is 11.1 Å². The summed E-state index contributed by atoms with van der Waals surface area (Å²) in [7, 11) is 0. The molecule has 2 aromatic carbocycles. The number of aromatic nitrogens is 1. The molecular formula is C26H23F3N4O3S. The summed E-state index contributed by atoms with van der Waals surface area (Å²) >= 11 is 1.63. The maximum atomic E-state index is 12.7. The van der Waals surface area contributed by atoms with Gasteiger partial charge in [0, 0.05) is 30.2 Å². The number of carbonyl (C=O) groups excluding carboxylic acids is 1. The van der Waals surface area contributed by atoms with Crippen molar-refractivity contribution in [3.63, 3.8) is 0 Å². The molecule has 1 fully saturated rings. The van der Waals surface area contributed by atoms with Gasteiger partial charge in [0.25, 0.3) is 0 Å². The maximum absolute atomic E-state index is 12.7. The molecule has 0 spiro atoms. The van der Waals surface area contributed by atoms with E-state index in [4.69, 9.17) is 0 Å². The van der Waals surface area contributed by atoms with Crippen LogP contribution in [-0.2, 0) is 17.4 Å². The van der Waals surface area contributed by atoms with E-state index in [1.54, 1.807) is 18.0 Å². The van der Waals surface area contributed by atoms with Gasteiger partial charge in [-0.1, -0.05) is 12.1 Å². The lowest BCUT2D eigenvalue weighted by molar-refractivity contribution is -0.137. The van der Waals surface area contributed by atoms with Gasteiger partial charge in [-0.15, -0.1) is 0 Å². The lowest BCUT2D eigenvalue weighted by Gasteiger charge is -2.31. The largest absolute Gasteiger partial charge is 0.478 e. The topological polar surface area (TPSA) is 94.6 Å². The number of carboxylic acids is 1. The zero-order valence-electron chi connectivity index (χ0n) is 19.5. The molecule has 1 aromatic heterocycles. The first kappa shape index (κ1) is 25.1. The number of fused-ring (bicyclic) bond motifs is 1. The van der Waals surface area contributed by atoms with Crippen molar-refractivity contribution in [3.05, 3.63) is 71.4 Å².